The molecular formula is C19H23N3O3. The minimum Gasteiger partial charge on any atom is -0.495 e. The zero-order valence-electron chi connectivity index (χ0n) is 14.7. The summed E-state index contributed by atoms with van der Waals surface area (Å²) in [6.45, 7) is 0. The van der Waals surface area contributed by atoms with Crippen molar-refractivity contribution < 1.29 is 14.3 Å². The lowest BCUT2D eigenvalue weighted by molar-refractivity contribution is -0.116. The summed E-state index contributed by atoms with van der Waals surface area (Å²) in [4.78, 5) is 25.9. The molecule has 2 amide bonds. The van der Waals surface area contributed by atoms with Gasteiger partial charge in [0.1, 0.15) is 5.75 Å². The summed E-state index contributed by atoms with van der Waals surface area (Å²) in [5, 5.41) is 2.78. The zero-order chi connectivity index (χ0) is 18.4. The van der Waals surface area contributed by atoms with Gasteiger partial charge >= 0.3 is 0 Å². The molecule has 2 aromatic carbocycles. The largest absolute Gasteiger partial charge is 0.495 e. The van der Waals surface area contributed by atoms with Crippen LogP contribution in [0.3, 0.4) is 0 Å². The smallest absolute Gasteiger partial charge is 0.253 e. The van der Waals surface area contributed by atoms with Crippen LogP contribution < -0.4 is 15.8 Å². The van der Waals surface area contributed by atoms with Gasteiger partial charge in [0.25, 0.3) is 5.91 Å². The summed E-state index contributed by atoms with van der Waals surface area (Å²) >= 11 is 0. The van der Waals surface area contributed by atoms with E-state index in [2.05, 4.69) is 5.32 Å². The van der Waals surface area contributed by atoms with Gasteiger partial charge in [0.05, 0.1) is 12.8 Å². The van der Waals surface area contributed by atoms with Crippen LogP contribution in [0.4, 0.5) is 5.69 Å². The fourth-order valence-electron chi connectivity index (χ4n) is 2.42. The number of nitrogens with two attached hydrogens (primary N) is 1. The Kier molecular flexibility index (Phi) is 6.14. The Hall–Kier alpha value is -2.86. The highest BCUT2D eigenvalue weighted by atomic mass is 16.5. The van der Waals surface area contributed by atoms with Crippen molar-refractivity contribution in [1.82, 2.24) is 4.90 Å². The van der Waals surface area contributed by atoms with E-state index >= 15 is 0 Å². The van der Waals surface area contributed by atoms with Gasteiger partial charge < -0.3 is 20.7 Å². The third-order valence-corrected chi connectivity index (χ3v) is 3.76. The molecule has 2 aromatic rings. The predicted molar refractivity (Wildman–Crippen MR) is 97.6 cm³/mol. The molecular weight excluding hydrogens is 318 g/mol. The van der Waals surface area contributed by atoms with Gasteiger partial charge in [-0.2, -0.15) is 0 Å². The number of methoxy groups -OCH3 is 1. The second-order valence-electron chi connectivity index (χ2n) is 5.88. The van der Waals surface area contributed by atoms with E-state index in [9.17, 15) is 9.59 Å². The van der Waals surface area contributed by atoms with E-state index in [1.807, 2.05) is 30.3 Å². The van der Waals surface area contributed by atoms with Gasteiger partial charge in [-0.3, -0.25) is 9.59 Å². The third-order valence-electron chi connectivity index (χ3n) is 3.76. The Bertz CT molecular complexity index is 745. The lowest BCUT2D eigenvalue weighted by Crippen LogP contribution is -2.23. The number of carbonyl (C=O) groups is 2. The van der Waals surface area contributed by atoms with Crippen molar-refractivity contribution in [3.05, 3.63) is 59.7 Å². The average Bonchev–Trinajstić information content (AvgIpc) is 2.61. The second-order valence-corrected chi connectivity index (χ2v) is 5.88. The number of nitrogens with zero attached hydrogens (tertiary/aromatic N) is 1. The van der Waals surface area contributed by atoms with Crippen LogP contribution in [-0.2, 0) is 4.79 Å². The van der Waals surface area contributed by atoms with Gasteiger partial charge in [0, 0.05) is 32.1 Å². The number of ether oxygens (including phenoxy) is 1. The SMILES string of the molecule is COc1ccc(C(=O)N(C)C)cc1NC(=O)CC(N)c1ccccc1. The monoisotopic (exact) mass is 341 g/mol. The van der Waals surface area contributed by atoms with Gasteiger partial charge in [-0.25, -0.2) is 0 Å². The molecule has 6 heteroatoms. The first-order valence-electron chi connectivity index (χ1n) is 7.92. The van der Waals surface area contributed by atoms with Crippen LogP contribution in [0.15, 0.2) is 48.5 Å². The number of benzene rings is 2. The number of rotatable bonds is 6. The Morgan fingerprint density at radius 2 is 1.84 bits per heavy atom. The van der Waals surface area contributed by atoms with Crippen molar-refractivity contribution in [2.24, 2.45) is 5.73 Å². The van der Waals surface area contributed by atoms with E-state index in [4.69, 9.17) is 10.5 Å². The van der Waals surface area contributed by atoms with Crippen molar-refractivity contribution in [1.29, 1.82) is 0 Å². The molecule has 0 saturated carbocycles. The standard InChI is InChI=1S/C19H23N3O3/c1-22(2)19(24)14-9-10-17(25-3)16(11-14)21-18(23)12-15(20)13-7-5-4-6-8-13/h4-11,15H,12,20H2,1-3H3,(H,21,23). The molecule has 1 unspecified atom stereocenters. The highest BCUT2D eigenvalue weighted by Gasteiger charge is 2.16. The van der Waals surface area contributed by atoms with Crippen LogP contribution in [0.1, 0.15) is 28.4 Å². The summed E-state index contributed by atoms with van der Waals surface area (Å²) in [7, 11) is 4.85. The topological polar surface area (TPSA) is 84.7 Å². The van der Waals surface area contributed by atoms with Gasteiger partial charge in [-0.15, -0.1) is 0 Å². The predicted octanol–water partition coefficient (Wildman–Crippen LogP) is 2.43. The Balaban J connectivity index is 2.13. The minimum absolute atomic E-state index is 0.124. The molecule has 0 saturated heterocycles. The molecule has 0 aliphatic heterocycles. The first-order valence-corrected chi connectivity index (χ1v) is 7.92. The maximum absolute atomic E-state index is 12.3. The highest BCUT2D eigenvalue weighted by molar-refractivity contribution is 5.98. The quantitative estimate of drug-likeness (QED) is 0.845. The van der Waals surface area contributed by atoms with E-state index in [1.54, 1.807) is 32.3 Å². The van der Waals surface area contributed by atoms with E-state index in [0.29, 0.717) is 17.0 Å². The Morgan fingerprint density at radius 1 is 1.16 bits per heavy atom. The lowest BCUT2D eigenvalue weighted by Gasteiger charge is -2.16. The average molecular weight is 341 g/mol. The second kappa shape index (κ2) is 8.30. The highest BCUT2D eigenvalue weighted by Crippen LogP contribution is 2.26. The maximum atomic E-state index is 12.3. The first kappa shape index (κ1) is 18.5. The number of nitrogens with one attached hydrogen (secondary N) is 1. The molecule has 132 valence electrons. The Labute approximate surface area is 147 Å². The van der Waals surface area contributed by atoms with Crippen LogP contribution in [0.5, 0.6) is 5.75 Å². The van der Waals surface area contributed by atoms with E-state index < -0.39 is 6.04 Å². The first-order chi connectivity index (χ1) is 11.9. The molecule has 0 aromatic heterocycles. The normalized spacial score (nSPS) is 11.5. The van der Waals surface area contributed by atoms with Gasteiger partial charge in [-0.05, 0) is 23.8 Å². The van der Waals surface area contributed by atoms with E-state index in [1.165, 1.54) is 12.0 Å². The number of anilines is 1. The molecule has 0 aliphatic carbocycles. The lowest BCUT2D eigenvalue weighted by atomic mass is 10.0. The molecule has 6 nitrogen and oxygen atoms in total. The molecule has 0 aliphatic rings. The third kappa shape index (κ3) is 4.81. The van der Waals surface area contributed by atoms with Crippen molar-refractivity contribution in [3.63, 3.8) is 0 Å². The molecule has 0 radical (unpaired) electrons. The fraction of sp³-hybridized carbons (Fsp3) is 0.263. The van der Waals surface area contributed by atoms with Crippen LogP contribution in [-0.4, -0.2) is 37.9 Å². The van der Waals surface area contributed by atoms with Crippen molar-refractivity contribution in [2.45, 2.75) is 12.5 Å². The number of amides is 2. The molecule has 2 rings (SSSR count). The fourth-order valence-corrected chi connectivity index (χ4v) is 2.42. The number of hydrogen-bond acceptors (Lipinski definition) is 4. The van der Waals surface area contributed by atoms with Crippen LogP contribution in [0, 0.1) is 0 Å². The molecule has 0 heterocycles. The maximum Gasteiger partial charge on any atom is 0.253 e. The van der Waals surface area contributed by atoms with E-state index in [-0.39, 0.29) is 18.2 Å². The Morgan fingerprint density at radius 3 is 2.44 bits per heavy atom. The molecule has 0 fully saturated rings. The summed E-state index contributed by atoms with van der Waals surface area (Å²) < 4.78 is 5.26. The number of hydrogen-bond donors (Lipinski definition) is 2. The van der Waals surface area contributed by atoms with Crippen molar-refractivity contribution >= 4 is 17.5 Å². The molecule has 3 N–H and O–H groups in total. The number of carbonyl (C=O) groups excluding carboxylic acids is 2. The summed E-state index contributed by atoms with van der Waals surface area (Å²) in [6.07, 6.45) is 0.124. The summed E-state index contributed by atoms with van der Waals surface area (Å²) in [6, 6.07) is 13.9. The minimum atomic E-state index is -0.404. The molecule has 1 atom stereocenters. The van der Waals surface area contributed by atoms with Crippen LogP contribution in [0.25, 0.3) is 0 Å². The van der Waals surface area contributed by atoms with Gasteiger partial charge in [0.2, 0.25) is 5.91 Å². The van der Waals surface area contributed by atoms with Gasteiger partial charge in [-0.1, -0.05) is 30.3 Å². The molecule has 0 spiro atoms. The zero-order valence-corrected chi connectivity index (χ0v) is 14.7. The van der Waals surface area contributed by atoms with Crippen LogP contribution >= 0.6 is 0 Å². The van der Waals surface area contributed by atoms with Crippen molar-refractivity contribution in [2.75, 3.05) is 26.5 Å². The summed E-state index contributed by atoms with van der Waals surface area (Å²) in [5.41, 5.74) is 7.89. The van der Waals surface area contributed by atoms with Crippen molar-refractivity contribution in [3.8, 4) is 5.75 Å². The summed E-state index contributed by atoms with van der Waals surface area (Å²) in [5.74, 6) is 0.0835. The van der Waals surface area contributed by atoms with E-state index in [0.717, 1.165) is 5.56 Å². The molecule has 25 heavy (non-hydrogen) atoms. The van der Waals surface area contributed by atoms with Crippen LogP contribution in [0.2, 0.25) is 0 Å². The molecule has 0 bridgehead atoms. The van der Waals surface area contributed by atoms with Gasteiger partial charge in [0.15, 0.2) is 0 Å².